The molecule has 0 saturated carbocycles. The van der Waals surface area contributed by atoms with Crippen molar-refractivity contribution in [2.45, 2.75) is 32.8 Å². The van der Waals surface area contributed by atoms with E-state index < -0.39 is 23.3 Å². The lowest BCUT2D eigenvalue weighted by atomic mass is 10.1. The number of rotatable bonds is 4. The predicted octanol–water partition coefficient (Wildman–Crippen LogP) is 3.48. The van der Waals surface area contributed by atoms with Crippen LogP contribution in [0, 0.1) is 11.6 Å². The van der Waals surface area contributed by atoms with Crippen LogP contribution >= 0.6 is 0 Å². The van der Waals surface area contributed by atoms with Crippen LogP contribution < -0.4 is 11.1 Å². The molecule has 0 heterocycles. The first-order chi connectivity index (χ1) is 9.70. The monoisotopic (exact) mass is 298 g/mol. The van der Waals surface area contributed by atoms with E-state index in [0.29, 0.717) is 13.0 Å². The van der Waals surface area contributed by atoms with E-state index in [1.165, 1.54) is 12.1 Å². The molecule has 0 bridgehead atoms. The zero-order valence-corrected chi connectivity index (χ0v) is 12.4. The second-order valence-corrected chi connectivity index (χ2v) is 5.48. The summed E-state index contributed by atoms with van der Waals surface area (Å²) in [6, 6.07) is 2.28. The van der Waals surface area contributed by atoms with Crippen molar-refractivity contribution < 1.29 is 18.3 Å². The van der Waals surface area contributed by atoms with E-state index in [1.807, 2.05) is 0 Å². The summed E-state index contributed by atoms with van der Waals surface area (Å²) < 4.78 is 32.0. The van der Waals surface area contributed by atoms with E-state index in [0.717, 1.165) is 6.07 Å². The summed E-state index contributed by atoms with van der Waals surface area (Å²) >= 11 is 0. The van der Waals surface area contributed by atoms with Crippen LogP contribution in [-0.2, 0) is 4.74 Å². The predicted molar refractivity (Wildman–Crippen MR) is 78.7 cm³/mol. The molecule has 0 radical (unpaired) electrons. The largest absolute Gasteiger partial charge is 0.444 e. The summed E-state index contributed by atoms with van der Waals surface area (Å²) in [5.74, 6) is -1.47. The quantitative estimate of drug-likeness (QED) is 0.661. The molecule has 0 aromatic heterocycles. The molecule has 0 fully saturated rings. The minimum Gasteiger partial charge on any atom is -0.444 e. The number of halogens is 2. The van der Waals surface area contributed by atoms with Gasteiger partial charge < -0.3 is 15.8 Å². The lowest BCUT2D eigenvalue weighted by Gasteiger charge is -2.19. The number of nitrogen functional groups attached to an aromatic ring is 1. The standard InChI is InChI=1S/C15H20F2N2O2/c1-15(2,3)21-14(20)19-9-5-4-6-10-11(16)7-8-12(18)13(10)17/h4,6-8H,5,9,18H2,1-3H3,(H,19,20). The van der Waals surface area contributed by atoms with Crippen molar-refractivity contribution in [3.8, 4) is 0 Å². The van der Waals surface area contributed by atoms with Gasteiger partial charge in [0.25, 0.3) is 0 Å². The van der Waals surface area contributed by atoms with E-state index in [-0.39, 0.29) is 11.3 Å². The molecule has 4 nitrogen and oxygen atoms in total. The SMILES string of the molecule is CC(C)(C)OC(=O)NCCC=Cc1c(F)ccc(N)c1F. The highest BCUT2D eigenvalue weighted by Gasteiger charge is 2.15. The van der Waals surface area contributed by atoms with E-state index in [9.17, 15) is 13.6 Å². The van der Waals surface area contributed by atoms with E-state index in [2.05, 4.69) is 5.32 Å². The Labute approximate surface area is 123 Å². The first-order valence-corrected chi connectivity index (χ1v) is 6.57. The Kier molecular flexibility index (Phi) is 5.69. The normalized spacial score (nSPS) is 11.7. The Morgan fingerprint density at radius 1 is 1.38 bits per heavy atom. The van der Waals surface area contributed by atoms with Crippen LogP contribution in [0.4, 0.5) is 19.3 Å². The van der Waals surface area contributed by atoms with Crippen molar-refractivity contribution in [3.63, 3.8) is 0 Å². The van der Waals surface area contributed by atoms with Gasteiger partial charge in [-0.1, -0.05) is 12.2 Å². The number of hydrogen-bond donors (Lipinski definition) is 2. The zero-order valence-electron chi connectivity index (χ0n) is 12.4. The molecular formula is C15H20F2N2O2. The topological polar surface area (TPSA) is 64.3 Å². The van der Waals surface area contributed by atoms with Crippen LogP contribution in [0.5, 0.6) is 0 Å². The average molecular weight is 298 g/mol. The Hall–Kier alpha value is -2.11. The van der Waals surface area contributed by atoms with Crippen LogP contribution in [0.1, 0.15) is 32.8 Å². The minimum absolute atomic E-state index is 0.108. The average Bonchev–Trinajstić information content (AvgIpc) is 2.35. The summed E-state index contributed by atoms with van der Waals surface area (Å²) in [6.45, 7) is 5.59. The first-order valence-electron chi connectivity index (χ1n) is 6.57. The number of amides is 1. The van der Waals surface area contributed by atoms with Crippen LogP contribution in [0.15, 0.2) is 18.2 Å². The highest BCUT2D eigenvalue weighted by molar-refractivity contribution is 5.67. The molecule has 1 aromatic carbocycles. The third-order valence-corrected chi connectivity index (χ3v) is 2.42. The lowest BCUT2D eigenvalue weighted by molar-refractivity contribution is 0.0529. The van der Waals surface area contributed by atoms with Crippen molar-refractivity contribution in [3.05, 3.63) is 35.4 Å². The molecule has 0 aliphatic heterocycles. The molecule has 116 valence electrons. The Balaban J connectivity index is 2.47. The van der Waals surface area contributed by atoms with Gasteiger partial charge in [0.05, 0.1) is 5.69 Å². The number of benzene rings is 1. The number of nitrogens with two attached hydrogens (primary N) is 1. The molecule has 0 aliphatic carbocycles. The number of anilines is 1. The van der Waals surface area contributed by atoms with Gasteiger partial charge in [-0.2, -0.15) is 0 Å². The maximum absolute atomic E-state index is 13.6. The molecule has 6 heteroatoms. The fourth-order valence-corrected chi connectivity index (χ4v) is 1.51. The van der Waals surface area contributed by atoms with Gasteiger partial charge in [-0.05, 0) is 39.3 Å². The van der Waals surface area contributed by atoms with Crippen molar-refractivity contribution in [2.75, 3.05) is 12.3 Å². The van der Waals surface area contributed by atoms with Crippen molar-refractivity contribution in [1.29, 1.82) is 0 Å². The van der Waals surface area contributed by atoms with Crippen LogP contribution in [0.3, 0.4) is 0 Å². The first kappa shape index (κ1) is 16.9. The summed E-state index contributed by atoms with van der Waals surface area (Å²) in [7, 11) is 0. The molecule has 0 spiro atoms. The molecule has 1 rings (SSSR count). The summed E-state index contributed by atoms with van der Waals surface area (Å²) in [4.78, 5) is 11.4. The third-order valence-electron chi connectivity index (χ3n) is 2.42. The fourth-order valence-electron chi connectivity index (χ4n) is 1.51. The van der Waals surface area contributed by atoms with Gasteiger partial charge in [0, 0.05) is 12.1 Å². The van der Waals surface area contributed by atoms with Crippen molar-refractivity contribution in [1.82, 2.24) is 5.32 Å². The molecule has 1 amide bonds. The van der Waals surface area contributed by atoms with Gasteiger partial charge in [-0.3, -0.25) is 0 Å². The summed E-state index contributed by atoms with van der Waals surface area (Å²) in [5.41, 5.74) is 4.51. The molecule has 0 aliphatic rings. The highest BCUT2D eigenvalue weighted by Crippen LogP contribution is 2.19. The van der Waals surface area contributed by atoms with Gasteiger partial charge in [0.1, 0.15) is 11.4 Å². The van der Waals surface area contributed by atoms with Gasteiger partial charge in [0.15, 0.2) is 5.82 Å². The number of carbonyl (C=O) groups excluding carboxylic acids is 1. The zero-order chi connectivity index (χ0) is 16.0. The minimum atomic E-state index is -0.786. The number of carbonyl (C=O) groups is 1. The van der Waals surface area contributed by atoms with E-state index in [1.54, 1.807) is 26.8 Å². The van der Waals surface area contributed by atoms with Crippen LogP contribution in [-0.4, -0.2) is 18.2 Å². The van der Waals surface area contributed by atoms with Gasteiger partial charge in [-0.25, -0.2) is 13.6 Å². The third kappa shape index (κ3) is 5.81. The Morgan fingerprint density at radius 2 is 2.05 bits per heavy atom. The summed E-state index contributed by atoms with van der Waals surface area (Å²) in [6.07, 6.45) is 2.74. The van der Waals surface area contributed by atoms with Crippen molar-refractivity contribution >= 4 is 17.9 Å². The molecule has 0 atom stereocenters. The highest BCUT2D eigenvalue weighted by atomic mass is 19.1. The lowest BCUT2D eigenvalue weighted by Crippen LogP contribution is -2.32. The van der Waals surface area contributed by atoms with Crippen LogP contribution in [0.25, 0.3) is 6.08 Å². The smallest absolute Gasteiger partial charge is 0.407 e. The second kappa shape index (κ2) is 7.06. The molecule has 0 unspecified atom stereocenters. The Morgan fingerprint density at radius 3 is 2.67 bits per heavy atom. The maximum Gasteiger partial charge on any atom is 0.407 e. The van der Waals surface area contributed by atoms with E-state index in [4.69, 9.17) is 10.5 Å². The number of nitrogens with one attached hydrogen (secondary N) is 1. The van der Waals surface area contributed by atoms with Gasteiger partial charge in [0.2, 0.25) is 0 Å². The molecule has 0 saturated heterocycles. The van der Waals surface area contributed by atoms with E-state index >= 15 is 0 Å². The Bertz CT molecular complexity index is 537. The fraction of sp³-hybridized carbons (Fsp3) is 0.400. The maximum atomic E-state index is 13.6. The van der Waals surface area contributed by atoms with Crippen molar-refractivity contribution in [2.24, 2.45) is 0 Å². The van der Waals surface area contributed by atoms with Gasteiger partial charge in [-0.15, -0.1) is 0 Å². The molecule has 21 heavy (non-hydrogen) atoms. The van der Waals surface area contributed by atoms with Crippen LogP contribution in [0.2, 0.25) is 0 Å². The molecule has 1 aromatic rings. The number of ether oxygens (including phenoxy) is 1. The summed E-state index contributed by atoms with van der Waals surface area (Å²) in [5, 5.41) is 2.54. The second-order valence-electron chi connectivity index (χ2n) is 5.48. The van der Waals surface area contributed by atoms with Gasteiger partial charge >= 0.3 is 6.09 Å². The number of alkyl carbamates (subject to hydrolysis) is 1. The molecular weight excluding hydrogens is 278 g/mol. The molecule has 3 N–H and O–H groups in total. The number of hydrogen-bond acceptors (Lipinski definition) is 3.